The van der Waals surface area contributed by atoms with Crippen LogP contribution in [0.4, 0.5) is 0 Å². The molecule has 0 amide bonds. The van der Waals surface area contributed by atoms with E-state index in [0.717, 1.165) is 44.3 Å². The molecule has 2 aromatic rings. The molecule has 2 N–H and O–H groups in total. The normalized spacial score (nSPS) is 17.5. The number of rotatable bonds is 9. The Kier molecular flexibility index (Phi) is 8.19. The molecule has 1 unspecified atom stereocenters. The van der Waals surface area contributed by atoms with Gasteiger partial charge in [0.15, 0.2) is 5.96 Å². The molecule has 0 spiro atoms. The van der Waals surface area contributed by atoms with Gasteiger partial charge in [0.25, 0.3) is 0 Å². The quantitative estimate of drug-likeness (QED) is 0.399. The summed E-state index contributed by atoms with van der Waals surface area (Å²) in [5.74, 6) is 2.42. The minimum atomic E-state index is 0.613. The SMILES string of the molecule is CN=C(NCCOc1ccccc1)NCC1CCN(CCc2ccccc2)C1. The summed E-state index contributed by atoms with van der Waals surface area (Å²) in [6.45, 7) is 5.79. The summed E-state index contributed by atoms with van der Waals surface area (Å²) in [6, 6.07) is 20.6. The molecule has 5 nitrogen and oxygen atoms in total. The zero-order valence-corrected chi connectivity index (χ0v) is 16.8. The van der Waals surface area contributed by atoms with Crippen molar-refractivity contribution in [1.29, 1.82) is 0 Å². The lowest BCUT2D eigenvalue weighted by atomic mass is 10.1. The second-order valence-electron chi connectivity index (χ2n) is 7.23. The van der Waals surface area contributed by atoms with Crippen LogP contribution in [-0.2, 0) is 6.42 Å². The number of ether oxygens (including phenoxy) is 1. The van der Waals surface area contributed by atoms with Gasteiger partial charge in [0, 0.05) is 26.7 Å². The highest BCUT2D eigenvalue weighted by Crippen LogP contribution is 2.16. The van der Waals surface area contributed by atoms with Crippen LogP contribution in [0.2, 0.25) is 0 Å². The number of hydrogen-bond donors (Lipinski definition) is 2. The summed E-state index contributed by atoms with van der Waals surface area (Å²) < 4.78 is 5.70. The van der Waals surface area contributed by atoms with Crippen molar-refractivity contribution in [1.82, 2.24) is 15.5 Å². The van der Waals surface area contributed by atoms with Crippen molar-refractivity contribution in [3.05, 3.63) is 66.2 Å². The number of guanidine groups is 1. The Morgan fingerprint density at radius 1 is 1.07 bits per heavy atom. The van der Waals surface area contributed by atoms with E-state index in [1.807, 2.05) is 37.4 Å². The van der Waals surface area contributed by atoms with Gasteiger partial charge in [-0.2, -0.15) is 0 Å². The van der Waals surface area contributed by atoms with Gasteiger partial charge in [0.05, 0.1) is 6.54 Å². The van der Waals surface area contributed by atoms with Crippen LogP contribution in [0.3, 0.4) is 0 Å². The number of hydrogen-bond acceptors (Lipinski definition) is 3. The molecule has 1 atom stereocenters. The van der Waals surface area contributed by atoms with Gasteiger partial charge in [0.2, 0.25) is 0 Å². The first-order valence-electron chi connectivity index (χ1n) is 10.2. The molecule has 150 valence electrons. The van der Waals surface area contributed by atoms with Gasteiger partial charge >= 0.3 is 0 Å². The number of likely N-dealkylation sites (tertiary alicyclic amines) is 1. The highest BCUT2D eigenvalue weighted by atomic mass is 16.5. The Bertz CT molecular complexity index is 705. The van der Waals surface area contributed by atoms with Gasteiger partial charge < -0.3 is 20.3 Å². The zero-order chi connectivity index (χ0) is 19.4. The predicted octanol–water partition coefficient (Wildman–Crippen LogP) is 2.80. The molecule has 28 heavy (non-hydrogen) atoms. The second-order valence-corrected chi connectivity index (χ2v) is 7.23. The third-order valence-electron chi connectivity index (χ3n) is 5.12. The van der Waals surface area contributed by atoms with Crippen LogP contribution in [0.15, 0.2) is 65.7 Å². The monoisotopic (exact) mass is 380 g/mol. The summed E-state index contributed by atoms with van der Waals surface area (Å²) in [6.07, 6.45) is 2.38. The molecule has 5 heteroatoms. The first-order valence-corrected chi connectivity index (χ1v) is 10.2. The van der Waals surface area contributed by atoms with Crippen molar-refractivity contribution in [2.75, 3.05) is 46.4 Å². The van der Waals surface area contributed by atoms with Crippen LogP contribution in [0, 0.1) is 5.92 Å². The maximum absolute atomic E-state index is 5.70. The first kappa shape index (κ1) is 20.2. The molecule has 3 rings (SSSR count). The topological polar surface area (TPSA) is 48.9 Å². The average molecular weight is 381 g/mol. The predicted molar refractivity (Wildman–Crippen MR) is 116 cm³/mol. The van der Waals surface area contributed by atoms with E-state index in [9.17, 15) is 0 Å². The van der Waals surface area contributed by atoms with Gasteiger partial charge in [-0.25, -0.2) is 0 Å². The summed E-state index contributed by atoms with van der Waals surface area (Å²) in [4.78, 5) is 6.89. The largest absolute Gasteiger partial charge is 0.492 e. The summed E-state index contributed by atoms with van der Waals surface area (Å²) in [5.41, 5.74) is 1.42. The van der Waals surface area contributed by atoms with E-state index in [1.165, 1.54) is 18.5 Å². The molecule has 0 aromatic heterocycles. The Balaban J connectivity index is 1.28. The van der Waals surface area contributed by atoms with Crippen LogP contribution in [-0.4, -0.2) is 57.2 Å². The minimum Gasteiger partial charge on any atom is -0.492 e. The van der Waals surface area contributed by atoms with Crippen molar-refractivity contribution >= 4 is 5.96 Å². The van der Waals surface area contributed by atoms with Crippen molar-refractivity contribution in [2.24, 2.45) is 10.9 Å². The molecular weight excluding hydrogens is 348 g/mol. The van der Waals surface area contributed by atoms with Gasteiger partial charge in [-0.05, 0) is 43.0 Å². The van der Waals surface area contributed by atoms with Gasteiger partial charge in [-0.3, -0.25) is 4.99 Å². The first-order chi connectivity index (χ1) is 13.8. The lowest BCUT2D eigenvalue weighted by Crippen LogP contribution is -2.41. The molecular formula is C23H32N4O. The number of aliphatic imine (C=N–C) groups is 1. The minimum absolute atomic E-state index is 0.613. The van der Waals surface area contributed by atoms with E-state index in [2.05, 4.69) is 50.9 Å². The number of nitrogens with zero attached hydrogens (tertiary/aromatic N) is 2. The lowest BCUT2D eigenvalue weighted by molar-refractivity contribution is 0.321. The maximum atomic E-state index is 5.70. The highest BCUT2D eigenvalue weighted by molar-refractivity contribution is 5.79. The third-order valence-corrected chi connectivity index (χ3v) is 5.12. The maximum Gasteiger partial charge on any atom is 0.191 e. The smallest absolute Gasteiger partial charge is 0.191 e. The van der Waals surface area contributed by atoms with E-state index < -0.39 is 0 Å². The fraction of sp³-hybridized carbons (Fsp3) is 0.435. The Hall–Kier alpha value is -2.53. The van der Waals surface area contributed by atoms with E-state index in [0.29, 0.717) is 12.5 Å². The Labute approximate surface area is 168 Å². The van der Waals surface area contributed by atoms with Crippen LogP contribution in [0.5, 0.6) is 5.75 Å². The van der Waals surface area contributed by atoms with Crippen LogP contribution >= 0.6 is 0 Å². The van der Waals surface area contributed by atoms with Gasteiger partial charge in [0.1, 0.15) is 12.4 Å². The van der Waals surface area contributed by atoms with E-state index >= 15 is 0 Å². The van der Waals surface area contributed by atoms with Crippen molar-refractivity contribution in [2.45, 2.75) is 12.8 Å². The average Bonchev–Trinajstić information content (AvgIpc) is 3.21. The van der Waals surface area contributed by atoms with Crippen LogP contribution in [0.1, 0.15) is 12.0 Å². The fourth-order valence-corrected chi connectivity index (χ4v) is 3.53. The lowest BCUT2D eigenvalue weighted by Gasteiger charge is -2.17. The van der Waals surface area contributed by atoms with Gasteiger partial charge in [-0.15, -0.1) is 0 Å². The highest BCUT2D eigenvalue weighted by Gasteiger charge is 2.22. The molecule has 1 fully saturated rings. The van der Waals surface area contributed by atoms with Crippen LogP contribution < -0.4 is 15.4 Å². The molecule has 0 saturated carbocycles. The standard InChI is InChI=1S/C23H32N4O/c1-24-23(25-14-17-28-22-10-6-3-7-11-22)26-18-21-13-16-27(19-21)15-12-20-8-4-2-5-9-20/h2-11,21H,12-19H2,1H3,(H2,24,25,26). The second kappa shape index (κ2) is 11.3. The number of benzene rings is 2. The third kappa shape index (κ3) is 6.89. The van der Waals surface area contributed by atoms with Crippen molar-refractivity contribution in [3.8, 4) is 5.75 Å². The molecule has 0 aliphatic carbocycles. The van der Waals surface area contributed by atoms with Crippen molar-refractivity contribution in [3.63, 3.8) is 0 Å². The van der Waals surface area contributed by atoms with E-state index in [1.54, 1.807) is 0 Å². The molecule has 1 heterocycles. The molecule has 1 aliphatic rings. The van der Waals surface area contributed by atoms with E-state index in [-0.39, 0.29) is 0 Å². The number of para-hydroxylation sites is 1. The molecule has 0 radical (unpaired) electrons. The Morgan fingerprint density at radius 2 is 1.82 bits per heavy atom. The molecule has 1 saturated heterocycles. The van der Waals surface area contributed by atoms with Gasteiger partial charge in [-0.1, -0.05) is 48.5 Å². The van der Waals surface area contributed by atoms with E-state index in [4.69, 9.17) is 4.74 Å². The molecule has 2 aromatic carbocycles. The summed E-state index contributed by atoms with van der Waals surface area (Å²) >= 11 is 0. The van der Waals surface area contributed by atoms with Crippen molar-refractivity contribution < 1.29 is 4.74 Å². The molecule has 0 bridgehead atoms. The van der Waals surface area contributed by atoms with Crippen LogP contribution in [0.25, 0.3) is 0 Å². The Morgan fingerprint density at radius 3 is 2.57 bits per heavy atom. The fourth-order valence-electron chi connectivity index (χ4n) is 3.53. The molecule has 1 aliphatic heterocycles. The summed E-state index contributed by atoms with van der Waals surface area (Å²) in [5, 5.41) is 6.78. The number of nitrogens with one attached hydrogen (secondary N) is 2. The summed E-state index contributed by atoms with van der Waals surface area (Å²) in [7, 11) is 1.81. The zero-order valence-electron chi connectivity index (χ0n) is 16.8.